The molecule has 2 aromatic carbocycles. The third-order valence-corrected chi connectivity index (χ3v) is 3.19. The van der Waals surface area contributed by atoms with Gasteiger partial charge in [-0.2, -0.15) is 0 Å². The van der Waals surface area contributed by atoms with Gasteiger partial charge in [-0.25, -0.2) is 0 Å². The molecule has 2 aromatic rings. The maximum Gasteiger partial charge on any atom is 0.246 e. The molecule has 0 spiro atoms. The fraction of sp³-hybridized carbons (Fsp3) is 0.188. The molecule has 1 amide bonds. The zero-order valence-electron chi connectivity index (χ0n) is 11.5. The van der Waals surface area contributed by atoms with Crippen LogP contribution in [0, 0.1) is 6.92 Å². The van der Waals surface area contributed by atoms with Crippen molar-refractivity contribution in [3.63, 3.8) is 0 Å². The number of anilines is 2. The summed E-state index contributed by atoms with van der Waals surface area (Å²) in [7, 11) is 0. The summed E-state index contributed by atoms with van der Waals surface area (Å²) in [5.41, 5.74) is 2.82. The van der Waals surface area contributed by atoms with Crippen molar-refractivity contribution in [3.05, 3.63) is 59.1 Å². The smallest absolute Gasteiger partial charge is 0.246 e. The predicted octanol–water partition coefficient (Wildman–Crippen LogP) is 4.09. The van der Waals surface area contributed by atoms with Crippen molar-refractivity contribution in [2.24, 2.45) is 0 Å². The maximum atomic E-state index is 12.1. The van der Waals surface area contributed by atoms with E-state index >= 15 is 0 Å². The second-order valence-electron chi connectivity index (χ2n) is 4.73. The van der Waals surface area contributed by atoms with Crippen LogP contribution in [0.4, 0.5) is 11.4 Å². The summed E-state index contributed by atoms with van der Waals surface area (Å²) in [4.78, 5) is 12.1. The molecule has 0 aromatic heterocycles. The van der Waals surface area contributed by atoms with E-state index in [1.54, 1.807) is 12.1 Å². The minimum atomic E-state index is -0.336. The van der Waals surface area contributed by atoms with E-state index in [0.29, 0.717) is 5.02 Å². The normalized spacial score (nSPS) is 11.8. The monoisotopic (exact) mass is 288 g/mol. The summed E-state index contributed by atoms with van der Waals surface area (Å²) in [5, 5.41) is 6.68. The molecule has 0 saturated heterocycles. The minimum absolute atomic E-state index is 0.0798. The lowest BCUT2D eigenvalue weighted by Gasteiger charge is -2.15. The van der Waals surface area contributed by atoms with Crippen LogP contribution >= 0.6 is 11.6 Å². The second-order valence-corrected chi connectivity index (χ2v) is 5.16. The van der Waals surface area contributed by atoms with E-state index in [1.165, 1.54) is 0 Å². The summed E-state index contributed by atoms with van der Waals surface area (Å²) in [6.07, 6.45) is 0. The molecule has 20 heavy (non-hydrogen) atoms. The van der Waals surface area contributed by atoms with Crippen molar-refractivity contribution in [1.82, 2.24) is 0 Å². The number of hydrogen-bond acceptors (Lipinski definition) is 2. The van der Waals surface area contributed by atoms with Crippen LogP contribution in [0.15, 0.2) is 48.5 Å². The lowest BCUT2D eigenvalue weighted by Crippen LogP contribution is -2.31. The summed E-state index contributed by atoms with van der Waals surface area (Å²) in [5.74, 6) is -0.0798. The Labute approximate surface area is 124 Å². The first kappa shape index (κ1) is 14.4. The summed E-state index contributed by atoms with van der Waals surface area (Å²) in [6.45, 7) is 3.83. The number of aryl methyl sites for hydroxylation is 1. The van der Waals surface area contributed by atoms with Crippen LogP contribution in [0.1, 0.15) is 12.5 Å². The van der Waals surface area contributed by atoms with Crippen molar-refractivity contribution in [2.75, 3.05) is 10.6 Å². The van der Waals surface area contributed by atoms with Crippen LogP contribution in [0.3, 0.4) is 0 Å². The Morgan fingerprint density at radius 1 is 1.00 bits per heavy atom. The molecular formula is C16H17ClN2O. The minimum Gasteiger partial charge on any atom is -0.374 e. The highest BCUT2D eigenvalue weighted by molar-refractivity contribution is 6.30. The lowest BCUT2D eigenvalue weighted by molar-refractivity contribution is -0.116. The molecule has 4 heteroatoms. The Morgan fingerprint density at radius 2 is 1.55 bits per heavy atom. The van der Waals surface area contributed by atoms with Crippen LogP contribution in [0.25, 0.3) is 0 Å². The van der Waals surface area contributed by atoms with Gasteiger partial charge in [0, 0.05) is 16.4 Å². The first-order valence-corrected chi connectivity index (χ1v) is 6.82. The summed E-state index contributed by atoms with van der Waals surface area (Å²) < 4.78 is 0. The quantitative estimate of drug-likeness (QED) is 0.890. The number of halogens is 1. The van der Waals surface area contributed by atoms with Crippen molar-refractivity contribution in [3.8, 4) is 0 Å². The molecule has 0 bridgehead atoms. The lowest BCUT2D eigenvalue weighted by atomic mass is 10.2. The zero-order chi connectivity index (χ0) is 14.5. The van der Waals surface area contributed by atoms with Crippen molar-refractivity contribution >= 4 is 28.9 Å². The highest BCUT2D eigenvalue weighted by Gasteiger charge is 2.12. The van der Waals surface area contributed by atoms with E-state index in [4.69, 9.17) is 11.6 Å². The van der Waals surface area contributed by atoms with Gasteiger partial charge in [-0.3, -0.25) is 4.79 Å². The molecule has 0 aliphatic rings. The Balaban J connectivity index is 1.94. The fourth-order valence-corrected chi connectivity index (χ4v) is 1.88. The largest absolute Gasteiger partial charge is 0.374 e. The van der Waals surface area contributed by atoms with E-state index < -0.39 is 0 Å². The van der Waals surface area contributed by atoms with Crippen LogP contribution < -0.4 is 10.6 Å². The Hall–Kier alpha value is -2.00. The van der Waals surface area contributed by atoms with E-state index in [0.717, 1.165) is 16.9 Å². The molecular weight excluding hydrogens is 272 g/mol. The Morgan fingerprint density at radius 3 is 2.15 bits per heavy atom. The van der Waals surface area contributed by atoms with Crippen LogP contribution in [-0.4, -0.2) is 11.9 Å². The van der Waals surface area contributed by atoms with Crippen LogP contribution in [0.5, 0.6) is 0 Å². The molecule has 0 heterocycles. The topological polar surface area (TPSA) is 41.1 Å². The van der Waals surface area contributed by atoms with E-state index in [2.05, 4.69) is 10.6 Å². The molecule has 0 fully saturated rings. The molecule has 2 rings (SSSR count). The number of rotatable bonds is 4. The average Bonchev–Trinajstić information content (AvgIpc) is 2.44. The average molecular weight is 289 g/mol. The first-order valence-electron chi connectivity index (χ1n) is 6.44. The highest BCUT2D eigenvalue weighted by atomic mass is 35.5. The number of benzene rings is 2. The van der Waals surface area contributed by atoms with Gasteiger partial charge in [0.15, 0.2) is 0 Å². The molecule has 1 unspecified atom stereocenters. The highest BCUT2D eigenvalue weighted by Crippen LogP contribution is 2.15. The molecule has 2 N–H and O–H groups in total. The SMILES string of the molecule is Cc1ccc(NC(=O)C(C)Nc2ccc(Cl)cc2)cc1. The van der Waals surface area contributed by atoms with Gasteiger partial charge in [0.25, 0.3) is 0 Å². The molecule has 0 radical (unpaired) electrons. The second kappa shape index (κ2) is 6.44. The van der Waals surface area contributed by atoms with Crippen LogP contribution in [-0.2, 0) is 4.79 Å². The van der Waals surface area contributed by atoms with Gasteiger partial charge < -0.3 is 10.6 Å². The molecule has 0 aliphatic carbocycles. The Kier molecular flexibility index (Phi) is 4.64. The third-order valence-electron chi connectivity index (χ3n) is 2.94. The fourth-order valence-electron chi connectivity index (χ4n) is 1.75. The number of carbonyl (C=O) groups excluding carboxylic acids is 1. The zero-order valence-corrected chi connectivity index (χ0v) is 12.2. The number of nitrogens with one attached hydrogen (secondary N) is 2. The van der Waals surface area contributed by atoms with Crippen LogP contribution in [0.2, 0.25) is 5.02 Å². The van der Waals surface area contributed by atoms with Gasteiger partial charge in [0.2, 0.25) is 5.91 Å². The first-order chi connectivity index (χ1) is 9.54. The number of hydrogen-bond donors (Lipinski definition) is 2. The van der Waals surface area contributed by atoms with Crippen molar-refractivity contribution in [2.45, 2.75) is 19.9 Å². The van der Waals surface area contributed by atoms with Crippen molar-refractivity contribution < 1.29 is 4.79 Å². The van der Waals surface area contributed by atoms with Gasteiger partial charge in [0.05, 0.1) is 0 Å². The van der Waals surface area contributed by atoms with E-state index in [9.17, 15) is 4.79 Å². The predicted molar refractivity (Wildman–Crippen MR) is 84.3 cm³/mol. The third kappa shape index (κ3) is 4.00. The van der Waals surface area contributed by atoms with E-state index in [1.807, 2.05) is 50.2 Å². The summed E-state index contributed by atoms with van der Waals surface area (Å²) >= 11 is 5.82. The molecule has 0 saturated carbocycles. The maximum absolute atomic E-state index is 12.1. The molecule has 1 atom stereocenters. The van der Waals surface area contributed by atoms with Gasteiger partial charge in [0.1, 0.15) is 6.04 Å². The van der Waals surface area contributed by atoms with Crippen molar-refractivity contribution in [1.29, 1.82) is 0 Å². The van der Waals surface area contributed by atoms with Gasteiger partial charge in [-0.05, 0) is 50.2 Å². The summed E-state index contributed by atoms with van der Waals surface area (Å²) in [6, 6.07) is 14.6. The number of carbonyl (C=O) groups is 1. The molecule has 0 aliphatic heterocycles. The van der Waals surface area contributed by atoms with E-state index in [-0.39, 0.29) is 11.9 Å². The molecule has 3 nitrogen and oxygen atoms in total. The molecule has 104 valence electrons. The van der Waals surface area contributed by atoms with Gasteiger partial charge >= 0.3 is 0 Å². The Bertz CT molecular complexity index is 578. The number of amides is 1. The van der Waals surface area contributed by atoms with Gasteiger partial charge in [-0.1, -0.05) is 29.3 Å². The van der Waals surface area contributed by atoms with Gasteiger partial charge in [-0.15, -0.1) is 0 Å². The standard InChI is InChI=1S/C16H17ClN2O/c1-11-3-7-15(8-4-11)19-16(20)12(2)18-14-9-5-13(17)6-10-14/h3-10,12,18H,1-2H3,(H,19,20).